The Kier molecular flexibility index (Phi) is 8.85. The summed E-state index contributed by atoms with van der Waals surface area (Å²) >= 11 is 1.41. The molecule has 198 valence electrons. The average molecular weight is 536 g/mol. The molecule has 6 N–H and O–H groups in total. The van der Waals surface area contributed by atoms with Crippen LogP contribution in [0.25, 0.3) is 0 Å². The number of nitrogens with one attached hydrogen (secondary N) is 4. The van der Waals surface area contributed by atoms with Gasteiger partial charge in [0.25, 0.3) is 5.91 Å². The molecule has 1 aromatic heterocycles. The molecular weight excluding hydrogens is 506 g/mol. The van der Waals surface area contributed by atoms with Gasteiger partial charge in [0.1, 0.15) is 17.3 Å². The summed E-state index contributed by atoms with van der Waals surface area (Å²) in [5, 5.41) is 17.8. The first-order chi connectivity index (χ1) is 18.3. The van der Waals surface area contributed by atoms with Crippen molar-refractivity contribution in [3.63, 3.8) is 0 Å². The van der Waals surface area contributed by atoms with Gasteiger partial charge in [0, 0.05) is 41.0 Å². The molecule has 38 heavy (non-hydrogen) atoms. The van der Waals surface area contributed by atoms with Crippen molar-refractivity contribution >= 4 is 34.8 Å². The standard InChI is InChI=1S/C27H29N5O5S/c1-36-27(32-25(34)16-7-9-20(10-8-16)37-19-5-3-2-4-6-19)23(33)17-12-22(30-13-17)26(35)31-14-21-11-18(15-38-21)24(28)29/h2-11,15,17,22,27,30H,12-14H2,1H3,(H3,28,29)(H,31,35)(H,32,34)/t17?,22?,27-/m0/s1. The van der Waals surface area contributed by atoms with Crippen LogP contribution in [0.4, 0.5) is 0 Å². The van der Waals surface area contributed by atoms with Gasteiger partial charge in [-0.1, -0.05) is 18.2 Å². The molecule has 0 spiro atoms. The lowest BCUT2D eigenvalue weighted by Crippen LogP contribution is -2.45. The monoisotopic (exact) mass is 535 g/mol. The van der Waals surface area contributed by atoms with Crippen LogP contribution >= 0.6 is 11.3 Å². The summed E-state index contributed by atoms with van der Waals surface area (Å²) in [5.41, 5.74) is 6.45. The number of ether oxygens (including phenoxy) is 2. The van der Waals surface area contributed by atoms with E-state index in [4.69, 9.17) is 20.6 Å². The van der Waals surface area contributed by atoms with Crippen LogP contribution in [0.15, 0.2) is 66.0 Å². The summed E-state index contributed by atoms with van der Waals surface area (Å²) in [6.45, 7) is 0.602. The van der Waals surface area contributed by atoms with E-state index in [2.05, 4.69) is 16.0 Å². The Morgan fingerprint density at radius 3 is 2.47 bits per heavy atom. The molecule has 0 aliphatic carbocycles. The molecule has 1 saturated heterocycles. The first-order valence-electron chi connectivity index (χ1n) is 12.0. The molecule has 2 heterocycles. The smallest absolute Gasteiger partial charge is 0.253 e. The van der Waals surface area contributed by atoms with E-state index in [-0.39, 0.29) is 23.9 Å². The zero-order valence-electron chi connectivity index (χ0n) is 20.7. The minimum Gasteiger partial charge on any atom is -0.457 e. The molecule has 1 aliphatic rings. The van der Waals surface area contributed by atoms with Crippen LogP contribution in [0.1, 0.15) is 27.2 Å². The predicted octanol–water partition coefficient (Wildman–Crippen LogP) is 2.39. The molecule has 3 atom stereocenters. The van der Waals surface area contributed by atoms with E-state index in [9.17, 15) is 14.4 Å². The number of Topliss-reactive ketones (excluding diaryl/α,β-unsaturated/α-hetero) is 1. The second kappa shape index (κ2) is 12.5. The number of carbonyl (C=O) groups is 3. The van der Waals surface area contributed by atoms with Gasteiger partial charge in [-0.15, -0.1) is 11.3 Å². The van der Waals surface area contributed by atoms with Crippen molar-refractivity contribution in [1.82, 2.24) is 16.0 Å². The molecule has 2 aromatic carbocycles. The maximum atomic E-state index is 13.1. The summed E-state index contributed by atoms with van der Waals surface area (Å²) in [6.07, 6.45) is -0.859. The summed E-state index contributed by atoms with van der Waals surface area (Å²) in [4.78, 5) is 39.3. The van der Waals surface area contributed by atoms with Crippen LogP contribution in [0.5, 0.6) is 11.5 Å². The summed E-state index contributed by atoms with van der Waals surface area (Å²) in [5.74, 6) is -0.258. The van der Waals surface area contributed by atoms with Crippen molar-refractivity contribution in [3.8, 4) is 11.5 Å². The van der Waals surface area contributed by atoms with Crippen LogP contribution in [0.3, 0.4) is 0 Å². The van der Waals surface area contributed by atoms with Crippen molar-refractivity contribution in [2.24, 2.45) is 11.7 Å². The molecule has 11 heteroatoms. The molecule has 3 aromatic rings. The fourth-order valence-electron chi connectivity index (χ4n) is 4.03. The molecule has 0 bridgehead atoms. The number of amides is 2. The quantitative estimate of drug-likeness (QED) is 0.143. The number of para-hydroxylation sites is 1. The Balaban J connectivity index is 1.27. The van der Waals surface area contributed by atoms with Gasteiger partial charge in [-0.05, 0) is 48.9 Å². The average Bonchev–Trinajstić information content (AvgIpc) is 3.61. The third-order valence-corrected chi connectivity index (χ3v) is 7.04. The molecule has 1 fully saturated rings. The van der Waals surface area contributed by atoms with Crippen LogP contribution in [-0.2, 0) is 20.9 Å². The van der Waals surface area contributed by atoms with E-state index < -0.39 is 24.1 Å². The summed E-state index contributed by atoms with van der Waals surface area (Å²) in [6, 6.07) is 17.1. The highest BCUT2D eigenvalue weighted by atomic mass is 32.1. The Hall–Kier alpha value is -4.06. The molecule has 2 unspecified atom stereocenters. The van der Waals surface area contributed by atoms with E-state index in [0.717, 1.165) is 4.88 Å². The molecule has 1 aliphatic heterocycles. The number of ketones is 1. The van der Waals surface area contributed by atoms with E-state index in [1.807, 2.05) is 30.3 Å². The summed E-state index contributed by atoms with van der Waals surface area (Å²) in [7, 11) is 1.35. The number of thiophene rings is 1. The van der Waals surface area contributed by atoms with Crippen molar-refractivity contribution in [3.05, 3.63) is 82.0 Å². The highest BCUT2D eigenvalue weighted by Gasteiger charge is 2.37. The fourth-order valence-corrected chi connectivity index (χ4v) is 4.85. The maximum Gasteiger partial charge on any atom is 0.253 e. The topological polar surface area (TPSA) is 156 Å². The molecule has 0 radical (unpaired) electrons. The highest BCUT2D eigenvalue weighted by molar-refractivity contribution is 7.10. The zero-order valence-corrected chi connectivity index (χ0v) is 21.5. The summed E-state index contributed by atoms with van der Waals surface area (Å²) < 4.78 is 11.0. The van der Waals surface area contributed by atoms with Gasteiger partial charge in [0.05, 0.1) is 12.6 Å². The van der Waals surface area contributed by atoms with Gasteiger partial charge in [-0.25, -0.2) is 0 Å². The Labute approximate surface area is 224 Å². The molecule has 0 saturated carbocycles. The zero-order chi connectivity index (χ0) is 27.1. The van der Waals surface area contributed by atoms with Crippen LogP contribution in [-0.4, -0.2) is 49.4 Å². The lowest BCUT2D eigenvalue weighted by Gasteiger charge is -2.19. The Morgan fingerprint density at radius 1 is 1.11 bits per heavy atom. The number of nitrogens with two attached hydrogens (primary N) is 1. The Morgan fingerprint density at radius 2 is 1.82 bits per heavy atom. The van der Waals surface area contributed by atoms with Gasteiger partial charge in [0.2, 0.25) is 5.91 Å². The first kappa shape index (κ1) is 27.0. The van der Waals surface area contributed by atoms with Crippen molar-refractivity contribution in [2.75, 3.05) is 13.7 Å². The van der Waals surface area contributed by atoms with Crippen LogP contribution in [0, 0.1) is 11.3 Å². The number of hydrogen-bond donors (Lipinski definition) is 5. The number of amidine groups is 1. The van der Waals surface area contributed by atoms with Crippen molar-refractivity contribution < 1.29 is 23.9 Å². The third-order valence-electron chi connectivity index (χ3n) is 6.10. The minimum absolute atomic E-state index is 0.0217. The number of carbonyl (C=O) groups excluding carboxylic acids is 3. The van der Waals surface area contributed by atoms with E-state index >= 15 is 0 Å². The van der Waals surface area contributed by atoms with Crippen molar-refractivity contribution in [2.45, 2.75) is 25.2 Å². The lowest BCUT2D eigenvalue weighted by atomic mass is 9.98. The molecule has 10 nitrogen and oxygen atoms in total. The van der Waals surface area contributed by atoms with Gasteiger partial charge in [-0.3, -0.25) is 19.8 Å². The molecule has 2 amide bonds. The molecular formula is C27H29N5O5S. The maximum absolute atomic E-state index is 13.1. The predicted molar refractivity (Wildman–Crippen MR) is 143 cm³/mol. The SMILES string of the molecule is CO[C@H](NC(=O)c1ccc(Oc2ccccc2)cc1)C(=O)C1CNC(C(=O)NCc2cc(C(=N)N)cs2)C1. The van der Waals surface area contributed by atoms with Crippen LogP contribution in [0.2, 0.25) is 0 Å². The van der Waals surface area contributed by atoms with Gasteiger partial charge < -0.3 is 31.2 Å². The number of benzene rings is 2. The van der Waals surface area contributed by atoms with Crippen LogP contribution < -0.4 is 26.4 Å². The minimum atomic E-state index is -1.15. The number of hydrogen-bond acceptors (Lipinski definition) is 8. The van der Waals surface area contributed by atoms with E-state index in [1.54, 1.807) is 35.7 Å². The second-order valence-corrected chi connectivity index (χ2v) is 9.75. The number of nitrogen functional groups attached to an aromatic ring is 1. The van der Waals surface area contributed by atoms with Gasteiger partial charge in [0.15, 0.2) is 12.0 Å². The van der Waals surface area contributed by atoms with Gasteiger partial charge >= 0.3 is 0 Å². The lowest BCUT2D eigenvalue weighted by molar-refractivity contribution is -0.133. The number of methoxy groups -OCH3 is 1. The van der Waals surface area contributed by atoms with Gasteiger partial charge in [-0.2, -0.15) is 0 Å². The number of rotatable bonds is 11. The largest absolute Gasteiger partial charge is 0.457 e. The Bertz CT molecular complexity index is 1290. The third kappa shape index (κ3) is 6.82. The normalized spacial score (nSPS) is 17.4. The highest BCUT2D eigenvalue weighted by Crippen LogP contribution is 2.22. The fraction of sp³-hybridized carbons (Fsp3) is 0.259. The first-order valence-corrected chi connectivity index (χ1v) is 12.8. The molecule has 4 rings (SSSR count). The van der Waals surface area contributed by atoms with Crippen molar-refractivity contribution in [1.29, 1.82) is 5.41 Å². The second-order valence-electron chi connectivity index (χ2n) is 8.76. The van der Waals surface area contributed by atoms with E-state index in [0.29, 0.717) is 35.7 Å². The van der Waals surface area contributed by atoms with E-state index in [1.165, 1.54) is 18.4 Å².